The number of carbonyl (C=O) groups excluding carboxylic acids is 1. The van der Waals surface area contributed by atoms with Gasteiger partial charge in [0, 0.05) is 25.9 Å². The number of hydrogen-bond donors (Lipinski definition) is 1. The van der Waals surface area contributed by atoms with Crippen LogP contribution in [0.2, 0.25) is 0 Å². The van der Waals surface area contributed by atoms with Crippen LogP contribution in [0.4, 0.5) is 4.79 Å². The molecule has 1 saturated heterocycles. The molecule has 3 aromatic rings. The lowest BCUT2D eigenvalue weighted by Gasteiger charge is -2.36. The zero-order chi connectivity index (χ0) is 24.3. The molecule has 0 saturated carbocycles. The van der Waals surface area contributed by atoms with Crippen molar-refractivity contribution in [3.8, 4) is 11.1 Å². The van der Waals surface area contributed by atoms with E-state index >= 15 is 0 Å². The van der Waals surface area contributed by atoms with Gasteiger partial charge in [-0.25, -0.2) is 4.79 Å². The van der Waals surface area contributed by atoms with Gasteiger partial charge in [-0.1, -0.05) is 60.2 Å². The van der Waals surface area contributed by atoms with Gasteiger partial charge in [0.25, 0.3) is 0 Å². The molecule has 1 N–H and O–H groups in total. The van der Waals surface area contributed by atoms with E-state index in [1.165, 1.54) is 0 Å². The van der Waals surface area contributed by atoms with Crippen LogP contribution >= 0.6 is 0 Å². The van der Waals surface area contributed by atoms with E-state index in [-0.39, 0.29) is 17.6 Å². The number of nitrogens with zero attached hydrogens (tertiary/aromatic N) is 2. The molecular formula is C29H33N3O2. The molecule has 0 bridgehead atoms. The number of carbonyl (C=O) groups is 1. The number of aryl methyl sites for hydroxylation is 1. The molecule has 1 fully saturated rings. The highest BCUT2D eigenvalue weighted by molar-refractivity contribution is 5.76. The van der Waals surface area contributed by atoms with E-state index in [2.05, 4.69) is 55.2 Å². The van der Waals surface area contributed by atoms with Crippen molar-refractivity contribution in [1.82, 2.24) is 14.8 Å². The number of pyridine rings is 1. The second kappa shape index (κ2) is 9.72. The molecule has 5 heteroatoms. The average Bonchev–Trinajstić information content (AvgIpc) is 2.99. The van der Waals surface area contributed by atoms with Crippen LogP contribution in [-0.4, -0.2) is 22.0 Å². The molecule has 2 heterocycles. The molecule has 176 valence electrons. The van der Waals surface area contributed by atoms with Crippen LogP contribution in [0.15, 0.2) is 89.9 Å². The topological polar surface area (TPSA) is 54.3 Å². The Labute approximate surface area is 201 Å². The Kier molecular flexibility index (Phi) is 6.73. The number of urea groups is 1. The molecule has 0 spiro atoms. The normalized spacial score (nSPS) is 19.3. The first-order valence-corrected chi connectivity index (χ1v) is 11.8. The fraction of sp³-hybridized carbons (Fsp3) is 0.310. The molecular weight excluding hydrogens is 422 g/mol. The van der Waals surface area contributed by atoms with Crippen molar-refractivity contribution in [3.63, 3.8) is 0 Å². The number of benzene rings is 2. The summed E-state index contributed by atoms with van der Waals surface area (Å²) in [5, 5.41) is 3.38. The second-order valence-electron chi connectivity index (χ2n) is 9.47. The summed E-state index contributed by atoms with van der Waals surface area (Å²) in [6.45, 7) is 8.93. The summed E-state index contributed by atoms with van der Waals surface area (Å²) in [4.78, 5) is 27.1. The van der Waals surface area contributed by atoms with E-state index in [0.717, 1.165) is 47.1 Å². The number of nitrogens with one attached hydrogen (secondary N) is 1. The first-order valence-electron chi connectivity index (χ1n) is 11.8. The van der Waals surface area contributed by atoms with Crippen LogP contribution in [-0.2, 0) is 12.6 Å². The van der Waals surface area contributed by atoms with Crippen molar-refractivity contribution < 1.29 is 4.79 Å². The highest BCUT2D eigenvalue weighted by Gasteiger charge is 2.38. The van der Waals surface area contributed by atoms with Crippen molar-refractivity contribution >= 4 is 6.03 Å². The molecule has 2 atom stereocenters. The molecule has 2 aromatic carbocycles. The molecule has 1 aliphatic heterocycles. The van der Waals surface area contributed by atoms with Gasteiger partial charge >= 0.3 is 6.03 Å². The van der Waals surface area contributed by atoms with Gasteiger partial charge in [0.15, 0.2) is 0 Å². The quantitative estimate of drug-likeness (QED) is 0.479. The summed E-state index contributed by atoms with van der Waals surface area (Å²) in [5.74, 6) is 0. The molecule has 0 aliphatic carbocycles. The zero-order valence-electron chi connectivity index (χ0n) is 20.3. The average molecular weight is 456 g/mol. The molecule has 4 rings (SSSR count). The predicted molar refractivity (Wildman–Crippen MR) is 138 cm³/mol. The van der Waals surface area contributed by atoms with Gasteiger partial charge in [0.2, 0.25) is 5.56 Å². The van der Waals surface area contributed by atoms with Gasteiger partial charge in [-0.2, -0.15) is 0 Å². The Morgan fingerprint density at radius 2 is 1.71 bits per heavy atom. The van der Waals surface area contributed by atoms with Gasteiger partial charge < -0.3 is 14.8 Å². The van der Waals surface area contributed by atoms with Crippen LogP contribution < -0.4 is 10.9 Å². The predicted octanol–water partition coefficient (Wildman–Crippen LogP) is 5.78. The standard InChI is InChI=1S/C29H33N3O2/c1-21(2)19-29(26-9-6-5-7-10-26)17-8-18-32(28(34)30-29)22(3)23-11-13-24(14-12-23)25-15-16-27(33)31(4)20-25/h5-7,9-16,20,22H,1,8,17-19H2,2-4H3,(H,30,34)/t22-,29-/m0/s1. The van der Waals surface area contributed by atoms with E-state index in [9.17, 15) is 9.59 Å². The minimum atomic E-state index is -0.439. The van der Waals surface area contributed by atoms with Crippen molar-refractivity contribution in [1.29, 1.82) is 0 Å². The summed E-state index contributed by atoms with van der Waals surface area (Å²) < 4.78 is 1.58. The maximum Gasteiger partial charge on any atom is 0.318 e. The Hall–Kier alpha value is -3.60. The summed E-state index contributed by atoms with van der Waals surface area (Å²) in [7, 11) is 1.75. The molecule has 5 nitrogen and oxygen atoms in total. The molecule has 1 aliphatic rings. The Morgan fingerprint density at radius 3 is 2.35 bits per heavy atom. The Balaban J connectivity index is 1.56. The number of aromatic nitrogens is 1. The van der Waals surface area contributed by atoms with Gasteiger partial charge in [-0.15, -0.1) is 6.58 Å². The largest absolute Gasteiger partial charge is 0.328 e. The maximum atomic E-state index is 13.5. The Morgan fingerprint density at radius 1 is 1.03 bits per heavy atom. The molecule has 0 unspecified atom stereocenters. The SMILES string of the molecule is C=C(C)C[C@]1(c2ccccc2)CCCN([C@@H](C)c2ccc(-c3ccc(=O)n(C)c3)cc2)C(=O)N1. The summed E-state index contributed by atoms with van der Waals surface area (Å²) in [6, 6.07) is 21.8. The van der Waals surface area contributed by atoms with Gasteiger partial charge in [-0.05, 0) is 61.4 Å². The van der Waals surface area contributed by atoms with E-state index in [1.807, 2.05) is 42.3 Å². The lowest BCUT2D eigenvalue weighted by molar-refractivity contribution is 0.177. The minimum Gasteiger partial charge on any atom is -0.328 e. The van der Waals surface area contributed by atoms with E-state index in [0.29, 0.717) is 6.54 Å². The van der Waals surface area contributed by atoms with Gasteiger partial charge in [-0.3, -0.25) is 4.79 Å². The van der Waals surface area contributed by atoms with Crippen molar-refractivity contribution in [2.45, 2.75) is 44.7 Å². The highest BCUT2D eigenvalue weighted by Crippen LogP contribution is 2.36. The maximum absolute atomic E-state index is 13.5. The second-order valence-corrected chi connectivity index (χ2v) is 9.47. The minimum absolute atomic E-state index is 0.0283. The number of amides is 2. The first-order chi connectivity index (χ1) is 16.3. The summed E-state index contributed by atoms with van der Waals surface area (Å²) in [5.41, 5.74) is 4.82. The van der Waals surface area contributed by atoms with E-state index < -0.39 is 5.54 Å². The third kappa shape index (κ3) is 4.84. The molecule has 0 radical (unpaired) electrons. The van der Waals surface area contributed by atoms with Crippen LogP contribution in [0.1, 0.15) is 50.3 Å². The lowest BCUT2D eigenvalue weighted by Crippen LogP contribution is -2.49. The van der Waals surface area contributed by atoms with Crippen LogP contribution in [0.3, 0.4) is 0 Å². The first kappa shape index (κ1) is 23.6. The smallest absolute Gasteiger partial charge is 0.318 e. The third-order valence-corrected chi connectivity index (χ3v) is 6.82. The van der Waals surface area contributed by atoms with Crippen molar-refractivity contribution in [2.75, 3.05) is 6.54 Å². The summed E-state index contributed by atoms with van der Waals surface area (Å²) in [6.07, 6.45) is 4.33. The van der Waals surface area contributed by atoms with Crippen molar-refractivity contribution in [2.24, 2.45) is 7.05 Å². The monoisotopic (exact) mass is 455 g/mol. The fourth-order valence-electron chi connectivity index (χ4n) is 4.98. The summed E-state index contributed by atoms with van der Waals surface area (Å²) >= 11 is 0. The van der Waals surface area contributed by atoms with Gasteiger partial charge in [0.05, 0.1) is 11.6 Å². The number of hydrogen-bond acceptors (Lipinski definition) is 2. The van der Waals surface area contributed by atoms with Crippen LogP contribution in [0.5, 0.6) is 0 Å². The van der Waals surface area contributed by atoms with E-state index in [4.69, 9.17) is 0 Å². The van der Waals surface area contributed by atoms with Gasteiger partial charge in [0.1, 0.15) is 0 Å². The number of rotatable bonds is 6. The van der Waals surface area contributed by atoms with Crippen LogP contribution in [0.25, 0.3) is 11.1 Å². The zero-order valence-corrected chi connectivity index (χ0v) is 20.3. The fourth-order valence-corrected chi connectivity index (χ4v) is 4.98. The molecule has 1 aromatic heterocycles. The van der Waals surface area contributed by atoms with Crippen molar-refractivity contribution in [3.05, 3.63) is 107 Å². The van der Waals surface area contributed by atoms with Crippen LogP contribution in [0, 0.1) is 0 Å². The third-order valence-electron chi connectivity index (χ3n) is 6.82. The highest BCUT2D eigenvalue weighted by atomic mass is 16.2. The molecule has 34 heavy (non-hydrogen) atoms. The lowest BCUT2D eigenvalue weighted by atomic mass is 9.81. The molecule has 2 amide bonds. The van der Waals surface area contributed by atoms with E-state index in [1.54, 1.807) is 17.7 Å². The Bertz CT molecular complexity index is 1230.